The Bertz CT molecular complexity index is 766. The van der Waals surface area contributed by atoms with Crippen LogP contribution in [0.2, 0.25) is 0 Å². The van der Waals surface area contributed by atoms with Crippen LogP contribution in [-0.2, 0) is 0 Å². The third-order valence-electron chi connectivity index (χ3n) is 3.23. The van der Waals surface area contributed by atoms with Crippen molar-refractivity contribution in [2.75, 3.05) is 6.54 Å². The Morgan fingerprint density at radius 2 is 1.76 bits per heavy atom. The average Bonchev–Trinajstić information content (AvgIpc) is 2.58. The smallest absolute Gasteiger partial charge is 0.406 e. The summed E-state index contributed by atoms with van der Waals surface area (Å²) in [6, 6.07) is 12.6. The van der Waals surface area contributed by atoms with Gasteiger partial charge in [0.05, 0.1) is 17.7 Å². The van der Waals surface area contributed by atoms with E-state index in [1.165, 1.54) is 36.4 Å². The lowest BCUT2D eigenvalue weighted by Gasteiger charge is -2.14. The highest BCUT2D eigenvalue weighted by Crippen LogP contribution is 2.24. The van der Waals surface area contributed by atoms with Gasteiger partial charge >= 0.3 is 6.36 Å². The zero-order valence-electron chi connectivity index (χ0n) is 12.7. The molecule has 0 spiro atoms. The van der Waals surface area contributed by atoms with Crippen LogP contribution in [0.5, 0.6) is 5.75 Å². The number of nitrogens with zero attached hydrogens (tertiary/aromatic N) is 1. The standard InChI is InChI=1S/C17H13F3N2O3/c18-17(19,20)25-14-7-5-12(6-8-14)15(23)10-22-16(24)13-3-1-11(9-21)2-4-13/h1-8,15,23H,10H2,(H,22,24). The van der Waals surface area contributed by atoms with E-state index in [9.17, 15) is 23.1 Å². The van der Waals surface area contributed by atoms with E-state index in [2.05, 4.69) is 10.1 Å². The molecule has 0 aliphatic heterocycles. The molecule has 2 rings (SSSR count). The van der Waals surface area contributed by atoms with E-state index in [4.69, 9.17) is 5.26 Å². The minimum atomic E-state index is -4.78. The van der Waals surface area contributed by atoms with E-state index in [0.717, 1.165) is 12.1 Å². The Morgan fingerprint density at radius 3 is 2.28 bits per heavy atom. The van der Waals surface area contributed by atoms with Crippen LogP contribution in [0.25, 0.3) is 0 Å². The molecular weight excluding hydrogens is 337 g/mol. The summed E-state index contributed by atoms with van der Waals surface area (Å²) in [7, 11) is 0. The number of carbonyl (C=O) groups is 1. The number of aliphatic hydroxyl groups is 1. The highest BCUT2D eigenvalue weighted by molar-refractivity contribution is 5.94. The highest BCUT2D eigenvalue weighted by atomic mass is 19.4. The molecule has 5 nitrogen and oxygen atoms in total. The van der Waals surface area contributed by atoms with Gasteiger partial charge in [-0.3, -0.25) is 4.79 Å². The van der Waals surface area contributed by atoms with Crippen LogP contribution < -0.4 is 10.1 Å². The SMILES string of the molecule is N#Cc1ccc(C(=O)NCC(O)c2ccc(OC(F)(F)F)cc2)cc1. The molecule has 1 unspecified atom stereocenters. The molecule has 1 amide bonds. The quantitative estimate of drug-likeness (QED) is 0.869. The zero-order valence-corrected chi connectivity index (χ0v) is 12.7. The number of hydrogen-bond acceptors (Lipinski definition) is 4. The fraction of sp³-hybridized carbons (Fsp3) is 0.176. The normalized spacial score (nSPS) is 12.1. The molecule has 130 valence electrons. The maximum absolute atomic E-state index is 12.1. The van der Waals surface area contributed by atoms with Crippen LogP contribution in [0.15, 0.2) is 48.5 Å². The number of alkyl halides is 3. The van der Waals surface area contributed by atoms with E-state index in [1.807, 2.05) is 6.07 Å². The highest BCUT2D eigenvalue weighted by Gasteiger charge is 2.31. The van der Waals surface area contributed by atoms with Crippen molar-refractivity contribution < 1.29 is 27.8 Å². The largest absolute Gasteiger partial charge is 0.573 e. The van der Waals surface area contributed by atoms with Crippen LogP contribution in [0.4, 0.5) is 13.2 Å². The van der Waals surface area contributed by atoms with Gasteiger partial charge in [0.1, 0.15) is 5.75 Å². The van der Waals surface area contributed by atoms with Gasteiger partial charge in [0.2, 0.25) is 0 Å². The summed E-state index contributed by atoms with van der Waals surface area (Å²) in [4.78, 5) is 11.9. The Labute approximate surface area is 141 Å². The monoisotopic (exact) mass is 350 g/mol. The van der Waals surface area contributed by atoms with E-state index < -0.39 is 24.1 Å². The first kappa shape index (κ1) is 18.3. The Hall–Kier alpha value is -3.05. The second-order valence-corrected chi connectivity index (χ2v) is 5.03. The lowest BCUT2D eigenvalue weighted by molar-refractivity contribution is -0.274. The molecule has 1 atom stereocenters. The molecule has 0 bridgehead atoms. The van der Waals surface area contributed by atoms with Crippen molar-refractivity contribution in [2.45, 2.75) is 12.5 Å². The molecule has 0 aliphatic rings. The molecule has 0 fully saturated rings. The molecular formula is C17H13F3N2O3. The van der Waals surface area contributed by atoms with Crippen LogP contribution in [0.1, 0.15) is 27.6 Å². The lowest BCUT2D eigenvalue weighted by atomic mass is 10.1. The van der Waals surface area contributed by atoms with Crippen molar-refractivity contribution >= 4 is 5.91 Å². The van der Waals surface area contributed by atoms with E-state index >= 15 is 0 Å². The van der Waals surface area contributed by atoms with Gasteiger partial charge in [0.15, 0.2) is 0 Å². The number of ether oxygens (including phenoxy) is 1. The second-order valence-electron chi connectivity index (χ2n) is 5.03. The van der Waals surface area contributed by atoms with Gasteiger partial charge in [-0.2, -0.15) is 5.26 Å². The summed E-state index contributed by atoms with van der Waals surface area (Å²) < 4.78 is 40.0. The summed E-state index contributed by atoms with van der Waals surface area (Å²) in [5.41, 5.74) is 1.06. The number of nitriles is 1. The van der Waals surface area contributed by atoms with Crippen molar-refractivity contribution in [3.63, 3.8) is 0 Å². The topological polar surface area (TPSA) is 82.4 Å². The van der Waals surface area contributed by atoms with E-state index in [0.29, 0.717) is 16.7 Å². The molecule has 2 aromatic rings. The summed E-state index contributed by atoms with van der Waals surface area (Å²) in [6.45, 7) is -0.127. The summed E-state index contributed by atoms with van der Waals surface area (Å²) >= 11 is 0. The third kappa shape index (κ3) is 5.51. The third-order valence-corrected chi connectivity index (χ3v) is 3.23. The van der Waals surface area contributed by atoms with E-state index in [1.54, 1.807) is 0 Å². The number of carbonyl (C=O) groups excluding carboxylic acids is 1. The van der Waals surface area contributed by atoms with Gasteiger partial charge in [-0.15, -0.1) is 13.2 Å². The fourth-order valence-corrected chi connectivity index (χ4v) is 2.00. The van der Waals surface area contributed by atoms with Crippen LogP contribution >= 0.6 is 0 Å². The van der Waals surface area contributed by atoms with Crippen LogP contribution in [0.3, 0.4) is 0 Å². The van der Waals surface area contributed by atoms with Crippen molar-refractivity contribution in [2.24, 2.45) is 0 Å². The number of benzene rings is 2. The molecule has 0 saturated carbocycles. The Morgan fingerprint density at radius 1 is 1.16 bits per heavy atom. The van der Waals surface area contributed by atoms with Gasteiger partial charge < -0.3 is 15.2 Å². The van der Waals surface area contributed by atoms with Gasteiger partial charge in [0.25, 0.3) is 5.91 Å². The number of halogens is 3. The van der Waals surface area contributed by atoms with Gasteiger partial charge in [-0.1, -0.05) is 12.1 Å². The molecule has 25 heavy (non-hydrogen) atoms. The minimum Gasteiger partial charge on any atom is -0.406 e. The first-order valence-corrected chi connectivity index (χ1v) is 7.10. The Balaban J connectivity index is 1.91. The van der Waals surface area contributed by atoms with Gasteiger partial charge in [0, 0.05) is 12.1 Å². The predicted octanol–water partition coefficient (Wildman–Crippen LogP) is 2.92. The number of rotatable bonds is 5. The minimum absolute atomic E-state index is 0.127. The van der Waals surface area contributed by atoms with Crippen molar-refractivity contribution in [3.05, 3.63) is 65.2 Å². The molecule has 0 saturated heterocycles. The van der Waals surface area contributed by atoms with Gasteiger partial charge in [-0.05, 0) is 42.0 Å². The number of nitrogens with one attached hydrogen (secondary N) is 1. The molecule has 0 aliphatic carbocycles. The number of amides is 1. The van der Waals surface area contributed by atoms with Crippen LogP contribution in [0, 0.1) is 11.3 Å². The first-order valence-electron chi connectivity index (χ1n) is 7.10. The fourth-order valence-electron chi connectivity index (χ4n) is 2.00. The van der Waals surface area contributed by atoms with Crippen molar-refractivity contribution in [3.8, 4) is 11.8 Å². The molecule has 0 heterocycles. The van der Waals surface area contributed by atoms with Crippen molar-refractivity contribution in [1.82, 2.24) is 5.32 Å². The molecule has 8 heteroatoms. The summed E-state index contributed by atoms with van der Waals surface area (Å²) in [5.74, 6) is -0.842. The number of aliphatic hydroxyl groups excluding tert-OH is 1. The maximum Gasteiger partial charge on any atom is 0.573 e. The molecule has 2 N–H and O–H groups in total. The lowest BCUT2D eigenvalue weighted by Crippen LogP contribution is -2.28. The predicted molar refractivity (Wildman–Crippen MR) is 81.6 cm³/mol. The summed E-state index contributed by atoms with van der Waals surface area (Å²) in [5, 5.41) is 21.2. The first-order chi connectivity index (χ1) is 11.8. The summed E-state index contributed by atoms with van der Waals surface area (Å²) in [6.07, 6.45) is -5.88. The molecule has 0 aromatic heterocycles. The van der Waals surface area contributed by atoms with E-state index in [-0.39, 0.29) is 6.54 Å². The van der Waals surface area contributed by atoms with Gasteiger partial charge in [-0.25, -0.2) is 0 Å². The maximum atomic E-state index is 12.1. The number of hydrogen-bond donors (Lipinski definition) is 2. The van der Waals surface area contributed by atoms with Crippen LogP contribution in [-0.4, -0.2) is 23.9 Å². The molecule has 2 aromatic carbocycles. The Kier molecular flexibility index (Phi) is 5.62. The van der Waals surface area contributed by atoms with Crippen molar-refractivity contribution in [1.29, 1.82) is 5.26 Å². The second kappa shape index (κ2) is 7.68. The average molecular weight is 350 g/mol. The zero-order chi connectivity index (χ0) is 18.4. The molecule has 0 radical (unpaired) electrons.